The number of carbonyl (C=O) groups excluding carboxylic acids is 1. The first-order valence-corrected chi connectivity index (χ1v) is 3.71. The van der Waals surface area contributed by atoms with Gasteiger partial charge in [-0.3, -0.25) is 0 Å². The number of halogens is 1. The van der Waals surface area contributed by atoms with E-state index >= 15 is 0 Å². The Labute approximate surface area is 60.4 Å². The number of alkyl halides is 1. The van der Waals surface area contributed by atoms with Gasteiger partial charge in [-0.05, 0) is 11.8 Å². The zero-order chi connectivity index (χ0) is 7.02. The van der Waals surface area contributed by atoms with Crippen molar-refractivity contribution >= 4 is 17.9 Å². The van der Waals surface area contributed by atoms with Crippen LogP contribution in [0.15, 0.2) is 0 Å². The molecule has 0 amide bonds. The van der Waals surface area contributed by atoms with Crippen molar-refractivity contribution in [2.24, 2.45) is 17.8 Å². The number of carbonyl (C=O) groups is 1. The van der Waals surface area contributed by atoms with Gasteiger partial charge in [0.05, 0.1) is 0 Å². The molecule has 0 spiro atoms. The molecule has 1 saturated carbocycles. The maximum absolute atomic E-state index is 10.2. The molecule has 2 heteroatoms. The Morgan fingerprint density at radius 2 is 2.11 bits per heavy atom. The number of hydrogen-bond acceptors (Lipinski definition) is 1. The fraction of sp³-hybridized carbons (Fsp3) is 0.857. The Bertz CT molecular complexity index is 122. The summed E-state index contributed by atoms with van der Waals surface area (Å²) in [6.07, 6.45) is 0.975. The van der Waals surface area contributed by atoms with E-state index in [4.69, 9.17) is 11.6 Å². The van der Waals surface area contributed by atoms with Crippen LogP contribution in [0.4, 0.5) is 0 Å². The van der Waals surface area contributed by atoms with Crippen molar-refractivity contribution < 1.29 is 4.79 Å². The molecule has 0 aliphatic heterocycles. The Kier molecular flexibility index (Phi) is 1.80. The summed E-state index contributed by atoms with van der Waals surface area (Å²) in [6.45, 7) is 4.20. The van der Waals surface area contributed by atoms with E-state index in [0.29, 0.717) is 11.8 Å². The summed E-state index contributed by atoms with van der Waals surface area (Å²) in [6, 6.07) is 0. The van der Waals surface area contributed by atoms with Crippen molar-refractivity contribution in [1.29, 1.82) is 0 Å². The maximum atomic E-state index is 10.2. The molecule has 1 nitrogen and oxygen atoms in total. The predicted molar refractivity (Wildman–Crippen MR) is 37.5 cm³/mol. The molecule has 0 radical (unpaired) electrons. The lowest BCUT2D eigenvalue weighted by Crippen LogP contribution is -1.93. The van der Waals surface area contributed by atoms with Crippen LogP contribution in [-0.2, 0) is 4.79 Å². The quantitative estimate of drug-likeness (QED) is 0.428. The third-order valence-corrected chi connectivity index (χ3v) is 2.55. The second kappa shape index (κ2) is 2.30. The molecule has 0 unspecified atom stereocenters. The van der Waals surface area contributed by atoms with Crippen molar-refractivity contribution in [3.63, 3.8) is 0 Å². The molecule has 52 valence electrons. The fourth-order valence-corrected chi connectivity index (χ4v) is 1.90. The number of hydrogen-bond donors (Lipinski definition) is 0. The lowest BCUT2D eigenvalue weighted by Gasteiger charge is -1.97. The molecule has 0 bridgehead atoms. The molecule has 0 saturated heterocycles. The van der Waals surface area contributed by atoms with Crippen LogP contribution in [0.1, 0.15) is 13.8 Å². The van der Waals surface area contributed by atoms with Gasteiger partial charge in [-0.2, -0.15) is 0 Å². The molecule has 1 aliphatic rings. The van der Waals surface area contributed by atoms with Gasteiger partial charge in [-0.1, -0.05) is 13.8 Å². The van der Waals surface area contributed by atoms with Crippen LogP contribution in [0.3, 0.4) is 0 Å². The van der Waals surface area contributed by atoms with Gasteiger partial charge in [-0.25, -0.2) is 0 Å². The molecular weight excluding hydrogens is 136 g/mol. The molecule has 0 aromatic rings. The number of aldehydes is 1. The van der Waals surface area contributed by atoms with Crippen LogP contribution in [-0.4, -0.2) is 11.7 Å². The van der Waals surface area contributed by atoms with E-state index in [1.54, 1.807) is 0 Å². The Hall–Kier alpha value is -0.0400. The smallest absolute Gasteiger partial charge is 0.124 e. The first-order valence-electron chi connectivity index (χ1n) is 3.28. The van der Waals surface area contributed by atoms with E-state index in [1.807, 2.05) is 0 Å². The van der Waals surface area contributed by atoms with Gasteiger partial charge < -0.3 is 4.79 Å². The highest BCUT2D eigenvalue weighted by atomic mass is 35.5. The van der Waals surface area contributed by atoms with Gasteiger partial charge in [0.15, 0.2) is 0 Å². The zero-order valence-electron chi connectivity index (χ0n) is 5.67. The highest BCUT2D eigenvalue weighted by Crippen LogP contribution is 2.47. The van der Waals surface area contributed by atoms with Crippen molar-refractivity contribution in [2.45, 2.75) is 19.2 Å². The zero-order valence-corrected chi connectivity index (χ0v) is 6.43. The summed E-state index contributed by atoms with van der Waals surface area (Å²) < 4.78 is 0. The van der Waals surface area contributed by atoms with Gasteiger partial charge in [0.2, 0.25) is 0 Å². The summed E-state index contributed by atoms with van der Waals surface area (Å²) in [5.41, 5.74) is 0. The molecule has 0 aromatic heterocycles. The Morgan fingerprint density at radius 1 is 1.56 bits per heavy atom. The SMILES string of the molecule is CC(C)[C@@H]1[C@@H](Cl)[C@@H]1C=O. The Balaban J connectivity index is 2.41. The summed E-state index contributed by atoms with van der Waals surface area (Å²) in [5.74, 6) is 1.15. The average molecular weight is 147 g/mol. The minimum Gasteiger partial charge on any atom is -0.303 e. The van der Waals surface area contributed by atoms with Crippen LogP contribution in [0, 0.1) is 17.8 Å². The molecule has 1 rings (SSSR count). The third-order valence-electron chi connectivity index (χ3n) is 1.97. The summed E-state index contributed by atoms with van der Waals surface area (Å²) in [5, 5.41) is 0.127. The normalized spacial score (nSPS) is 41.1. The first kappa shape index (κ1) is 7.07. The van der Waals surface area contributed by atoms with Crippen LogP contribution in [0.5, 0.6) is 0 Å². The van der Waals surface area contributed by atoms with E-state index in [1.165, 1.54) is 0 Å². The number of rotatable bonds is 2. The molecule has 0 aromatic carbocycles. The van der Waals surface area contributed by atoms with Gasteiger partial charge in [-0.15, -0.1) is 11.6 Å². The molecule has 1 aliphatic carbocycles. The van der Waals surface area contributed by atoms with Crippen LogP contribution < -0.4 is 0 Å². The average Bonchev–Trinajstić information content (AvgIpc) is 2.40. The summed E-state index contributed by atoms with van der Waals surface area (Å²) in [7, 11) is 0. The molecule has 0 heterocycles. The van der Waals surface area contributed by atoms with Gasteiger partial charge >= 0.3 is 0 Å². The largest absolute Gasteiger partial charge is 0.303 e. The summed E-state index contributed by atoms with van der Waals surface area (Å²) in [4.78, 5) is 10.2. The molecular formula is C7H11ClO. The standard InChI is InChI=1S/C7H11ClO/c1-4(2)6-5(3-9)7(6)8/h3-7H,1-2H3/t5-,6+,7+/m1/s1. The van der Waals surface area contributed by atoms with Crippen molar-refractivity contribution in [2.75, 3.05) is 0 Å². The van der Waals surface area contributed by atoms with E-state index in [9.17, 15) is 4.79 Å². The van der Waals surface area contributed by atoms with Crippen LogP contribution in [0.25, 0.3) is 0 Å². The predicted octanol–water partition coefficient (Wildman–Crippen LogP) is 1.69. The van der Waals surface area contributed by atoms with Crippen molar-refractivity contribution in [1.82, 2.24) is 0 Å². The molecule has 0 N–H and O–H groups in total. The lowest BCUT2D eigenvalue weighted by molar-refractivity contribution is -0.109. The van der Waals surface area contributed by atoms with Gasteiger partial charge in [0, 0.05) is 11.3 Å². The highest BCUT2D eigenvalue weighted by molar-refractivity contribution is 6.24. The van der Waals surface area contributed by atoms with Crippen LogP contribution in [0.2, 0.25) is 0 Å². The molecule has 9 heavy (non-hydrogen) atoms. The third kappa shape index (κ3) is 1.11. The molecule has 1 fully saturated rings. The highest BCUT2D eigenvalue weighted by Gasteiger charge is 2.50. The monoisotopic (exact) mass is 146 g/mol. The topological polar surface area (TPSA) is 17.1 Å². The maximum Gasteiger partial charge on any atom is 0.124 e. The van der Waals surface area contributed by atoms with E-state index in [-0.39, 0.29) is 11.3 Å². The Morgan fingerprint density at radius 3 is 2.22 bits per heavy atom. The lowest BCUT2D eigenvalue weighted by atomic mass is 10.1. The second-order valence-electron chi connectivity index (χ2n) is 2.98. The fourth-order valence-electron chi connectivity index (χ4n) is 1.30. The van der Waals surface area contributed by atoms with E-state index < -0.39 is 0 Å². The first-order chi connectivity index (χ1) is 4.18. The van der Waals surface area contributed by atoms with E-state index in [2.05, 4.69) is 13.8 Å². The van der Waals surface area contributed by atoms with E-state index in [0.717, 1.165) is 6.29 Å². The van der Waals surface area contributed by atoms with Crippen molar-refractivity contribution in [3.8, 4) is 0 Å². The van der Waals surface area contributed by atoms with Gasteiger partial charge in [0.25, 0.3) is 0 Å². The van der Waals surface area contributed by atoms with Crippen LogP contribution >= 0.6 is 11.6 Å². The minimum absolute atomic E-state index is 0.127. The van der Waals surface area contributed by atoms with Crippen molar-refractivity contribution in [3.05, 3.63) is 0 Å². The van der Waals surface area contributed by atoms with Gasteiger partial charge in [0.1, 0.15) is 6.29 Å². The minimum atomic E-state index is 0.127. The second-order valence-corrected chi connectivity index (χ2v) is 3.48. The summed E-state index contributed by atoms with van der Waals surface area (Å²) >= 11 is 5.78. The molecule has 3 atom stereocenters.